The van der Waals surface area contributed by atoms with Crippen molar-refractivity contribution < 1.29 is 9.18 Å². The summed E-state index contributed by atoms with van der Waals surface area (Å²) in [5.41, 5.74) is 6.96. The molecular formula is C15H15FN4O. The molecule has 108 valence electrons. The Morgan fingerprint density at radius 2 is 2.24 bits per heavy atom. The van der Waals surface area contributed by atoms with Gasteiger partial charge in [-0.2, -0.15) is 5.26 Å². The number of amides is 1. The quantitative estimate of drug-likeness (QED) is 0.906. The van der Waals surface area contributed by atoms with E-state index in [1.807, 2.05) is 13.0 Å². The van der Waals surface area contributed by atoms with Gasteiger partial charge in [-0.25, -0.2) is 4.39 Å². The van der Waals surface area contributed by atoms with E-state index >= 15 is 0 Å². The molecule has 0 saturated carbocycles. The van der Waals surface area contributed by atoms with Gasteiger partial charge < -0.3 is 15.6 Å². The highest BCUT2D eigenvalue weighted by Crippen LogP contribution is 2.18. The zero-order valence-corrected chi connectivity index (χ0v) is 11.6. The number of aromatic nitrogens is 1. The number of rotatable bonds is 4. The minimum absolute atomic E-state index is 0.0740. The monoisotopic (exact) mass is 286 g/mol. The predicted octanol–water partition coefficient (Wildman–Crippen LogP) is 2.74. The zero-order chi connectivity index (χ0) is 15.4. The van der Waals surface area contributed by atoms with Crippen LogP contribution in [0.5, 0.6) is 0 Å². The third-order valence-corrected chi connectivity index (χ3v) is 2.97. The largest absolute Gasteiger partial charge is 0.397 e. The minimum atomic E-state index is -0.525. The van der Waals surface area contributed by atoms with Crippen molar-refractivity contribution in [2.45, 2.75) is 19.9 Å². The van der Waals surface area contributed by atoms with Gasteiger partial charge in [0, 0.05) is 12.7 Å². The summed E-state index contributed by atoms with van der Waals surface area (Å²) in [6, 6.07) is 7.05. The molecular weight excluding hydrogens is 271 g/mol. The second-order valence-electron chi connectivity index (χ2n) is 4.61. The fraction of sp³-hybridized carbons (Fsp3) is 0.200. The molecule has 0 spiro atoms. The number of hydrogen-bond donors (Lipinski definition) is 2. The Labute approximate surface area is 121 Å². The van der Waals surface area contributed by atoms with E-state index in [1.54, 1.807) is 16.8 Å². The van der Waals surface area contributed by atoms with Gasteiger partial charge in [0.25, 0.3) is 5.91 Å². The maximum atomic E-state index is 13.1. The molecule has 1 heterocycles. The molecule has 21 heavy (non-hydrogen) atoms. The van der Waals surface area contributed by atoms with Gasteiger partial charge in [0.15, 0.2) is 0 Å². The molecule has 0 saturated heterocycles. The maximum Gasteiger partial charge on any atom is 0.272 e. The number of nitrogens with one attached hydrogen (secondary N) is 1. The highest BCUT2D eigenvalue weighted by molar-refractivity contribution is 6.04. The van der Waals surface area contributed by atoms with E-state index < -0.39 is 5.82 Å². The van der Waals surface area contributed by atoms with Crippen molar-refractivity contribution in [1.29, 1.82) is 5.26 Å². The summed E-state index contributed by atoms with van der Waals surface area (Å²) in [4.78, 5) is 12.3. The molecule has 1 aromatic carbocycles. The fourth-order valence-electron chi connectivity index (χ4n) is 2.05. The Bertz CT molecular complexity index is 715. The van der Waals surface area contributed by atoms with Crippen LogP contribution in [0.25, 0.3) is 0 Å². The summed E-state index contributed by atoms with van der Waals surface area (Å²) in [7, 11) is 0. The van der Waals surface area contributed by atoms with E-state index in [0.717, 1.165) is 12.5 Å². The first-order valence-corrected chi connectivity index (χ1v) is 6.51. The second-order valence-corrected chi connectivity index (χ2v) is 4.61. The Balaban J connectivity index is 2.28. The normalized spacial score (nSPS) is 10.1. The number of nitriles is 1. The molecule has 2 aromatic rings. The minimum Gasteiger partial charge on any atom is -0.397 e. The molecule has 0 bridgehead atoms. The van der Waals surface area contributed by atoms with Crippen LogP contribution in [-0.2, 0) is 6.54 Å². The van der Waals surface area contributed by atoms with Crippen LogP contribution in [0.3, 0.4) is 0 Å². The molecule has 0 atom stereocenters. The molecule has 2 rings (SSSR count). The summed E-state index contributed by atoms with van der Waals surface area (Å²) >= 11 is 0. The fourth-order valence-corrected chi connectivity index (χ4v) is 2.05. The van der Waals surface area contributed by atoms with E-state index in [9.17, 15) is 9.18 Å². The molecule has 6 heteroatoms. The summed E-state index contributed by atoms with van der Waals surface area (Å²) in [5.74, 6) is -0.911. The van der Waals surface area contributed by atoms with E-state index in [1.165, 1.54) is 12.1 Å². The molecule has 0 radical (unpaired) electrons. The number of nitrogens with zero attached hydrogens (tertiary/aromatic N) is 2. The molecule has 1 aromatic heterocycles. The Hall–Kier alpha value is -2.81. The van der Waals surface area contributed by atoms with Gasteiger partial charge in [-0.15, -0.1) is 0 Å². The molecule has 0 aliphatic heterocycles. The smallest absolute Gasteiger partial charge is 0.272 e. The average molecular weight is 286 g/mol. The van der Waals surface area contributed by atoms with Gasteiger partial charge in [0.05, 0.1) is 16.9 Å². The summed E-state index contributed by atoms with van der Waals surface area (Å²) < 4.78 is 14.8. The van der Waals surface area contributed by atoms with Crippen LogP contribution < -0.4 is 11.1 Å². The highest BCUT2D eigenvalue weighted by atomic mass is 19.1. The van der Waals surface area contributed by atoms with Crippen LogP contribution in [0.15, 0.2) is 30.5 Å². The summed E-state index contributed by atoms with van der Waals surface area (Å²) in [5, 5.41) is 11.6. The average Bonchev–Trinajstić information content (AvgIpc) is 2.82. The summed E-state index contributed by atoms with van der Waals surface area (Å²) in [6.07, 6.45) is 2.54. The van der Waals surface area contributed by atoms with Gasteiger partial charge in [-0.1, -0.05) is 6.92 Å². The Morgan fingerprint density at radius 1 is 1.48 bits per heavy atom. The van der Waals surface area contributed by atoms with Crippen LogP contribution in [0, 0.1) is 17.1 Å². The van der Waals surface area contributed by atoms with E-state index in [4.69, 9.17) is 11.0 Å². The first-order chi connectivity index (χ1) is 10.0. The Kier molecular flexibility index (Phi) is 4.24. The van der Waals surface area contributed by atoms with E-state index in [0.29, 0.717) is 17.9 Å². The third kappa shape index (κ3) is 3.20. The Morgan fingerprint density at radius 3 is 2.90 bits per heavy atom. The number of hydrogen-bond acceptors (Lipinski definition) is 3. The van der Waals surface area contributed by atoms with E-state index in [2.05, 4.69) is 5.32 Å². The second kappa shape index (κ2) is 6.09. The maximum absolute atomic E-state index is 13.1. The highest BCUT2D eigenvalue weighted by Gasteiger charge is 2.14. The number of aryl methyl sites for hydroxylation is 1. The van der Waals surface area contributed by atoms with Gasteiger partial charge in [0.1, 0.15) is 17.6 Å². The van der Waals surface area contributed by atoms with Gasteiger partial charge in [0.2, 0.25) is 0 Å². The van der Waals surface area contributed by atoms with Crippen molar-refractivity contribution in [3.63, 3.8) is 0 Å². The van der Waals surface area contributed by atoms with Crippen molar-refractivity contribution in [1.82, 2.24) is 4.57 Å². The molecule has 0 unspecified atom stereocenters. The molecule has 3 N–H and O–H groups in total. The number of halogens is 1. The van der Waals surface area contributed by atoms with Gasteiger partial charge in [-0.3, -0.25) is 4.79 Å². The van der Waals surface area contributed by atoms with Gasteiger partial charge >= 0.3 is 0 Å². The topological polar surface area (TPSA) is 83.8 Å². The van der Waals surface area contributed by atoms with Crippen molar-refractivity contribution in [2.24, 2.45) is 0 Å². The first-order valence-electron chi connectivity index (χ1n) is 6.51. The zero-order valence-electron chi connectivity index (χ0n) is 11.6. The molecule has 1 amide bonds. The molecule has 0 aliphatic rings. The number of carbonyl (C=O) groups is 1. The van der Waals surface area contributed by atoms with Crippen LogP contribution >= 0.6 is 0 Å². The lowest BCUT2D eigenvalue weighted by Crippen LogP contribution is -2.17. The molecule has 0 fully saturated rings. The van der Waals surface area contributed by atoms with Crippen molar-refractivity contribution >= 4 is 17.3 Å². The molecule has 0 aliphatic carbocycles. The number of benzene rings is 1. The number of nitrogen functional groups attached to an aromatic ring is 1. The van der Waals surface area contributed by atoms with Crippen LogP contribution in [-0.4, -0.2) is 10.5 Å². The number of anilines is 2. The lowest BCUT2D eigenvalue weighted by molar-refractivity contribution is 0.101. The molecule has 5 nitrogen and oxygen atoms in total. The van der Waals surface area contributed by atoms with Crippen LogP contribution in [0.2, 0.25) is 0 Å². The van der Waals surface area contributed by atoms with Gasteiger partial charge in [-0.05, 0) is 30.7 Å². The third-order valence-electron chi connectivity index (χ3n) is 2.97. The standard InChI is InChI=1S/C15H15FN4O/c1-2-5-20-9-12(18)7-14(20)15(21)19-13-4-3-11(16)6-10(13)8-17/h3-4,6-7,9H,2,5,18H2,1H3,(H,19,21). The number of nitrogens with two attached hydrogens (primary N) is 1. The van der Waals surface area contributed by atoms with Crippen molar-refractivity contribution in [3.8, 4) is 6.07 Å². The summed E-state index contributed by atoms with van der Waals surface area (Å²) in [6.45, 7) is 2.65. The number of carbonyl (C=O) groups excluding carboxylic acids is 1. The van der Waals surface area contributed by atoms with Crippen LogP contribution in [0.1, 0.15) is 29.4 Å². The van der Waals surface area contributed by atoms with Crippen LogP contribution in [0.4, 0.5) is 15.8 Å². The SMILES string of the molecule is CCCn1cc(N)cc1C(=O)Nc1ccc(F)cc1C#N. The first kappa shape index (κ1) is 14.6. The predicted molar refractivity (Wildman–Crippen MR) is 78.2 cm³/mol. The van der Waals surface area contributed by atoms with E-state index in [-0.39, 0.29) is 17.2 Å². The van der Waals surface area contributed by atoms with Crippen molar-refractivity contribution in [2.75, 3.05) is 11.1 Å². The lowest BCUT2D eigenvalue weighted by Gasteiger charge is -2.09. The lowest BCUT2D eigenvalue weighted by atomic mass is 10.2. The van der Waals surface area contributed by atoms with Crippen molar-refractivity contribution in [3.05, 3.63) is 47.5 Å².